The molecule has 2 rings (SSSR count). The van der Waals surface area contributed by atoms with E-state index in [4.69, 9.17) is 27.4 Å². The molecule has 22 heavy (non-hydrogen) atoms. The number of carbonyl (C=O) groups excluding carboxylic acids is 1. The highest BCUT2D eigenvalue weighted by atomic mass is 32.1. The molecule has 8 nitrogen and oxygen atoms in total. The van der Waals surface area contributed by atoms with Crippen LogP contribution in [0.3, 0.4) is 0 Å². The number of nitrogens with one attached hydrogen (secondary N) is 1. The molecule has 0 radical (unpaired) electrons. The summed E-state index contributed by atoms with van der Waals surface area (Å²) in [5.74, 6) is 0.986. The Bertz CT molecular complexity index is 765. The molecule has 0 fully saturated rings. The number of aromatic nitrogens is 3. The lowest BCUT2D eigenvalue weighted by molar-refractivity contribution is -0.119. The number of amides is 1. The Hall–Kier alpha value is -2.68. The van der Waals surface area contributed by atoms with E-state index < -0.39 is 5.91 Å². The summed E-state index contributed by atoms with van der Waals surface area (Å²) in [6, 6.07) is 5.16. The predicted octanol–water partition coefficient (Wildman–Crippen LogP) is 1.00. The van der Waals surface area contributed by atoms with Gasteiger partial charge >= 0.3 is 0 Å². The molecular formula is C13H15N5O3S. The summed E-state index contributed by atoms with van der Waals surface area (Å²) in [5, 5.41) is 10.8. The molecule has 1 heterocycles. The summed E-state index contributed by atoms with van der Waals surface area (Å²) in [6.07, 6.45) is 1.61. The Morgan fingerprint density at radius 1 is 1.55 bits per heavy atom. The van der Waals surface area contributed by atoms with E-state index in [2.05, 4.69) is 15.3 Å². The second-order valence-corrected chi connectivity index (χ2v) is 4.68. The Balaban J connectivity index is 2.22. The van der Waals surface area contributed by atoms with Gasteiger partial charge in [0.1, 0.15) is 5.82 Å². The zero-order chi connectivity index (χ0) is 16.1. The Morgan fingerprint density at radius 2 is 2.32 bits per heavy atom. The van der Waals surface area contributed by atoms with Gasteiger partial charge in [-0.3, -0.25) is 9.89 Å². The summed E-state index contributed by atoms with van der Waals surface area (Å²) in [6.45, 7) is 1.57. The number of ether oxygens (including phenoxy) is 2. The molecule has 0 aliphatic rings. The molecule has 0 saturated carbocycles. The van der Waals surface area contributed by atoms with Crippen molar-refractivity contribution < 1.29 is 14.3 Å². The van der Waals surface area contributed by atoms with E-state index in [1.165, 1.54) is 11.8 Å². The topological polar surface area (TPSA) is 108 Å². The fraction of sp³-hybridized carbons (Fsp3) is 0.231. The van der Waals surface area contributed by atoms with Gasteiger partial charge in [0.25, 0.3) is 5.91 Å². The molecule has 0 saturated heterocycles. The van der Waals surface area contributed by atoms with Crippen LogP contribution in [0, 0.1) is 11.7 Å². The second kappa shape index (κ2) is 6.85. The van der Waals surface area contributed by atoms with Crippen molar-refractivity contribution in [3.8, 4) is 11.5 Å². The monoisotopic (exact) mass is 321 g/mol. The zero-order valence-corrected chi connectivity index (χ0v) is 12.9. The van der Waals surface area contributed by atoms with Gasteiger partial charge in [-0.1, -0.05) is 0 Å². The Morgan fingerprint density at radius 3 is 2.91 bits per heavy atom. The number of nitrogens with zero attached hydrogens (tertiary/aromatic N) is 3. The average Bonchev–Trinajstić information content (AvgIpc) is 2.82. The van der Waals surface area contributed by atoms with Crippen LogP contribution >= 0.6 is 12.2 Å². The van der Waals surface area contributed by atoms with E-state index in [0.29, 0.717) is 22.1 Å². The van der Waals surface area contributed by atoms with E-state index in [0.717, 1.165) is 5.56 Å². The minimum absolute atomic E-state index is 0.215. The lowest BCUT2D eigenvalue weighted by Crippen LogP contribution is -2.20. The van der Waals surface area contributed by atoms with Crippen molar-refractivity contribution in [2.75, 3.05) is 13.7 Å². The van der Waals surface area contributed by atoms with Crippen LogP contribution in [0.15, 0.2) is 23.3 Å². The number of primary amides is 1. The number of H-pyrrole nitrogens is 1. The lowest BCUT2D eigenvalue weighted by atomic mass is 10.2. The molecule has 0 bridgehead atoms. The third kappa shape index (κ3) is 3.70. The van der Waals surface area contributed by atoms with Crippen LogP contribution in [0.4, 0.5) is 0 Å². The Kier molecular flexibility index (Phi) is 4.89. The molecule has 116 valence electrons. The van der Waals surface area contributed by atoms with Crippen molar-refractivity contribution in [2.45, 2.75) is 6.92 Å². The van der Waals surface area contributed by atoms with Crippen molar-refractivity contribution in [1.29, 1.82) is 0 Å². The minimum atomic E-state index is -0.558. The maximum atomic E-state index is 10.8. The highest BCUT2D eigenvalue weighted by molar-refractivity contribution is 7.71. The predicted molar refractivity (Wildman–Crippen MR) is 82.8 cm³/mol. The van der Waals surface area contributed by atoms with E-state index >= 15 is 0 Å². The highest BCUT2D eigenvalue weighted by Crippen LogP contribution is 2.27. The van der Waals surface area contributed by atoms with Crippen molar-refractivity contribution in [3.63, 3.8) is 0 Å². The van der Waals surface area contributed by atoms with Crippen molar-refractivity contribution in [3.05, 3.63) is 34.4 Å². The molecule has 0 aliphatic carbocycles. The second-order valence-electron chi connectivity index (χ2n) is 4.30. The normalized spacial score (nSPS) is 10.8. The standard InChI is InChI=1S/C13H15N5O3S/c1-8-16-17-13(22)18(8)15-6-9-3-4-10(11(5-9)20-2)21-7-12(14)19/h3-6H,7H2,1-2H3,(H2,14,19)(H,17,22)/b15-6-. The van der Waals surface area contributed by atoms with E-state index in [1.54, 1.807) is 31.3 Å². The lowest BCUT2D eigenvalue weighted by Gasteiger charge is -2.09. The molecule has 2 aromatic rings. The first-order chi connectivity index (χ1) is 10.5. The number of benzene rings is 1. The quantitative estimate of drug-likeness (QED) is 0.610. The zero-order valence-electron chi connectivity index (χ0n) is 12.1. The minimum Gasteiger partial charge on any atom is -0.493 e. The molecule has 1 aromatic carbocycles. The van der Waals surface area contributed by atoms with E-state index in [1.807, 2.05) is 0 Å². The number of rotatable bonds is 6. The fourth-order valence-electron chi connectivity index (χ4n) is 1.66. The van der Waals surface area contributed by atoms with Crippen molar-refractivity contribution in [2.24, 2.45) is 10.8 Å². The first-order valence-electron chi connectivity index (χ1n) is 6.28. The van der Waals surface area contributed by atoms with Crippen LogP contribution in [-0.2, 0) is 4.79 Å². The number of methoxy groups -OCH3 is 1. The molecule has 9 heteroatoms. The van der Waals surface area contributed by atoms with Crippen LogP contribution in [0.25, 0.3) is 0 Å². The summed E-state index contributed by atoms with van der Waals surface area (Å²) >= 11 is 5.06. The summed E-state index contributed by atoms with van der Waals surface area (Å²) in [4.78, 5) is 10.8. The molecule has 0 aliphatic heterocycles. The van der Waals surface area contributed by atoms with Gasteiger partial charge in [0.05, 0.1) is 13.3 Å². The summed E-state index contributed by atoms with van der Waals surface area (Å²) < 4.78 is 12.4. The third-order valence-electron chi connectivity index (χ3n) is 2.69. The van der Waals surface area contributed by atoms with Crippen LogP contribution in [0.5, 0.6) is 11.5 Å². The molecule has 1 aromatic heterocycles. The molecule has 3 N–H and O–H groups in total. The fourth-order valence-corrected chi connectivity index (χ4v) is 1.89. The summed E-state index contributed by atoms with van der Waals surface area (Å²) in [5.41, 5.74) is 5.81. The Labute approximate surface area is 131 Å². The summed E-state index contributed by atoms with van der Waals surface area (Å²) in [7, 11) is 1.50. The maximum absolute atomic E-state index is 10.8. The van der Waals surface area contributed by atoms with Gasteiger partial charge in [0, 0.05) is 0 Å². The van der Waals surface area contributed by atoms with Gasteiger partial charge in [-0.2, -0.15) is 14.9 Å². The van der Waals surface area contributed by atoms with E-state index in [9.17, 15) is 4.79 Å². The highest BCUT2D eigenvalue weighted by Gasteiger charge is 2.06. The molecular weight excluding hydrogens is 306 g/mol. The third-order valence-corrected chi connectivity index (χ3v) is 2.96. The van der Waals surface area contributed by atoms with Gasteiger partial charge in [0.2, 0.25) is 4.77 Å². The van der Waals surface area contributed by atoms with Crippen molar-refractivity contribution >= 4 is 24.3 Å². The first-order valence-corrected chi connectivity index (χ1v) is 6.69. The SMILES string of the molecule is COc1cc(/C=N\n2c(C)n[nH]c2=S)ccc1OCC(N)=O. The van der Waals surface area contributed by atoms with Crippen LogP contribution in [0.2, 0.25) is 0 Å². The van der Waals surface area contributed by atoms with Gasteiger partial charge in [-0.25, -0.2) is 0 Å². The number of aryl methyl sites for hydroxylation is 1. The van der Waals surface area contributed by atoms with Crippen LogP contribution < -0.4 is 15.2 Å². The van der Waals surface area contributed by atoms with Gasteiger partial charge in [0.15, 0.2) is 18.1 Å². The smallest absolute Gasteiger partial charge is 0.255 e. The number of nitrogens with two attached hydrogens (primary N) is 1. The largest absolute Gasteiger partial charge is 0.493 e. The molecule has 0 spiro atoms. The van der Waals surface area contributed by atoms with Gasteiger partial charge in [-0.05, 0) is 42.9 Å². The van der Waals surface area contributed by atoms with Crippen molar-refractivity contribution in [1.82, 2.24) is 14.9 Å². The first kappa shape index (κ1) is 15.7. The number of hydrogen-bond donors (Lipinski definition) is 2. The van der Waals surface area contributed by atoms with Gasteiger partial charge < -0.3 is 15.2 Å². The molecule has 0 unspecified atom stereocenters. The number of hydrogen-bond acceptors (Lipinski definition) is 6. The number of aromatic amines is 1. The molecule has 0 atom stereocenters. The average molecular weight is 321 g/mol. The van der Waals surface area contributed by atoms with Crippen LogP contribution in [-0.4, -0.2) is 40.7 Å². The van der Waals surface area contributed by atoms with Gasteiger partial charge in [-0.15, -0.1) is 0 Å². The molecule has 1 amide bonds. The van der Waals surface area contributed by atoms with Crippen LogP contribution in [0.1, 0.15) is 11.4 Å². The maximum Gasteiger partial charge on any atom is 0.255 e. The van der Waals surface area contributed by atoms with E-state index in [-0.39, 0.29) is 6.61 Å². The number of carbonyl (C=O) groups is 1.